The highest BCUT2D eigenvalue weighted by Gasteiger charge is 2.21. The maximum absolute atomic E-state index is 12.3. The molecule has 0 aliphatic carbocycles. The van der Waals surface area contributed by atoms with E-state index in [9.17, 15) is 38.7 Å². The third-order valence-corrected chi connectivity index (χ3v) is 9.45. The largest absolute Gasteiger partial charge is 0.481 e. The van der Waals surface area contributed by atoms with Crippen LogP contribution in [0.3, 0.4) is 0 Å². The molecular formula is C42H77N5O14. The van der Waals surface area contributed by atoms with E-state index in [1.807, 2.05) is 0 Å². The van der Waals surface area contributed by atoms with Crippen LogP contribution in [0, 0.1) is 0 Å². The van der Waals surface area contributed by atoms with E-state index >= 15 is 0 Å². The van der Waals surface area contributed by atoms with Gasteiger partial charge in [0.1, 0.15) is 25.3 Å². The minimum Gasteiger partial charge on any atom is -0.481 e. The third-order valence-electron chi connectivity index (χ3n) is 9.45. The number of carbonyl (C=O) groups is 7. The summed E-state index contributed by atoms with van der Waals surface area (Å²) in [5.41, 5.74) is 5.66. The molecule has 61 heavy (non-hydrogen) atoms. The van der Waals surface area contributed by atoms with Gasteiger partial charge in [-0.3, -0.25) is 28.8 Å². The summed E-state index contributed by atoms with van der Waals surface area (Å²) >= 11 is 0. The van der Waals surface area contributed by atoms with Gasteiger partial charge in [-0.05, 0) is 38.5 Å². The Hall–Kier alpha value is -3.91. The molecule has 8 N–H and O–H groups in total. The van der Waals surface area contributed by atoms with Gasteiger partial charge in [-0.2, -0.15) is 0 Å². The normalized spacial score (nSPS) is 12.0. The molecule has 2 atom stereocenters. The van der Waals surface area contributed by atoms with Gasteiger partial charge in [-0.15, -0.1) is 0 Å². The van der Waals surface area contributed by atoms with Gasteiger partial charge in [0, 0.05) is 38.9 Å². The van der Waals surface area contributed by atoms with Crippen molar-refractivity contribution in [2.24, 2.45) is 5.73 Å². The van der Waals surface area contributed by atoms with E-state index in [1.54, 1.807) is 0 Å². The number of ether oxygens (including phenoxy) is 5. The van der Waals surface area contributed by atoms with E-state index in [0.29, 0.717) is 32.2 Å². The number of esters is 1. The van der Waals surface area contributed by atoms with Crippen LogP contribution in [0.2, 0.25) is 0 Å². The standard InChI is InChI=1S/C42H77N5O14/c1-57-42(56)34(43)18-16-17-23-44-38(50)32-60-30-29-59-27-25-46-39(51)33-61-31-28-58-26-24-45-36(48)22-21-35(41(54)55)47-37(49)19-14-12-10-8-6-4-2-3-5-7-9-11-13-15-20-40(52)53/h34-35H,2-33,43H2,1H3,(H,44,50)(H,45,48)(H,46,51)(H,47,49)(H,52,53)(H,54,55)/t34-,35+/m0/s1. The van der Waals surface area contributed by atoms with Crippen LogP contribution in [0.4, 0.5) is 0 Å². The van der Waals surface area contributed by atoms with Gasteiger partial charge in [-0.1, -0.05) is 77.0 Å². The molecule has 0 aliphatic heterocycles. The van der Waals surface area contributed by atoms with E-state index in [2.05, 4.69) is 26.0 Å². The van der Waals surface area contributed by atoms with E-state index in [-0.39, 0.29) is 115 Å². The van der Waals surface area contributed by atoms with Gasteiger partial charge >= 0.3 is 17.9 Å². The quantitative estimate of drug-likeness (QED) is 0.0342. The molecule has 0 fully saturated rings. The number of aliphatic carboxylic acids is 2. The predicted octanol–water partition coefficient (Wildman–Crippen LogP) is 2.75. The molecular weight excluding hydrogens is 798 g/mol. The molecule has 0 aliphatic rings. The number of unbranched alkanes of at least 4 members (excludes halogenated alkanes) is 14. The lowest BCUT2D eigenvalue weighted by atomic mass is 10.0. The fourth-order valence-electron chi connectivity index (χ4n) is 5.95. The van der Waals surface area contributed by atoms with Gasteiger partial charge in [0.25, 0.3) is 0 Å². The van der Waals surface area contributed by atoms with Crippen LogP contribution < -0.4 is 27.0 Å². The zero-order chi connectivity index (χ0) is 45.2. The average Bonchev–Trinajstić information content (AvgIpc) is 3.23. The number of methoxy groups -OCH3 is 1. The van der Waals surface area contributed by atoms with Gasteiger partial charge in [-0.25, -0.2) is 4.79 Å². The molecule has 19 nitrogen and oxygen atoms in total. The SMILES string of the molecule is COC(=O)[C@@H](N)CCCCNC(=O)COCCOCCNC(=O)COCCOCCNC(=O)CC[C@@H](NC(=O)CCCCCCCCCCCCCCCCC(=O)O)C(=O)O. The maximum atomic E-state index is 12.3. The molecule has 19 heteroatoms. The third kappa shape index (κ3) is 40.0. The fourth-order valence-corrected chi connectivity index (χ4v) is 5.95. The Kier molecular flexibility index (Phi) is 38.8. The van der Waals surface area contributed by atoms with Crippen molar-refractivity contribution in [2.45, 2.75) is 147 Å². The van der Waals surface area contributed by atoms with Crippen LogP contribution in [0.5, 0.6) is 0 Å². The molecule has 0 saturated heterocycles. The van der Waals surface area contributed by atoms with Crippen molar-refractivity contribution in [2.75, 3.05) is 79.6 Å². The summed E-state index contributed by atoms with van der Waals surface area (Å²) in [4.78, 5) is 81.6. The lowest BCUT2D eigenvalue weighted by Gasteiger charge is -2.14. The van der Waals surface area contributed by atoms with Gasteiger partial charge in [0.05, 0.1) is 46.8 Å². The Balaban J connectivity index is 3.65. The van der Waals surface area contributed by atoms with Crippen molar-refractivity contribution in [3.05, 3.63) is 0 Å². The first-order valence-corrected chi connectivity index (χ1v) is 22.1. The highest BCUT2D eigenvalue weighted by Crippen LogP contribution is 2.14. The number of carbonyl (C=O) groups excluding carboxylic acids is 5. The molecule has 0 radical (unpaired) electrons. The lowest BCUT2D eigenvalue weighted by molar-refractivity contribution is -0.143. The van der Waals surface area contributed by atoms with E-state index in [1.165, 1.54) is 52.1 Å². The second kappa shape index (κ2) is 41.4. The predicted molar refractivity (Wildman–Crippen MR) is 226 cm³/mol. The van der Waals surface area contributed by atoms with Crippen LogP contribution >= 0.6 is 0 Å². The van der Waals surface area contributed by atoms with Crippen LogP contribution in [0.25, 0.3) is 0 Å². The van der Waals surface area contributed by atoms with Crippen molar-refractivity contribution >= 4 is 41.5 Å². The van der Waals surface area contributed by atoms with Gasteiger partial charge < -0.3 is 60.9 Å². The Morgan fingerprint density at radius 2 is 0.918 bits per heavy atom. The lowest BCUT2D eigenvalue weighted by Crippen LogP contribution is -2.41. The van der Waals surface area contributed by atoms with Gasteiger partial charge in [0.15, 0.2) is 0 Å². The number of nitrogens with one attached hydrogen (secondary N) is 4. The first-order valence-electron chi connectivity index (χ1n) is 22.1. The average molecular weight is 876 g/mol. The second-order valence-corrected chi connectivity index (χ2v) is 14.8. The number of hydrogen-bond acceptors (Lipinski definition) is 13. The van der Waals surface area contributed by atoms with Crippen molar-refractivity contribution in [3.8, 4) is 0 Å². The number of rotatable bonds is 44. The van der Waals surface area contributed by atoms with E-state index < -0.39 is 30.0 Å². The zero-order valence-corrected chi connectivity index (χ0v) is 36.7. The molecule has 0 unspecified atom stereocenters. The molecule has 354 valence electrons. The molecule has 4 amide bonds. The number of amides is 4. The first kappa shape index (κ1) is 57.1. The summed E-state index contributed by atoms with van der Waals surface area (Å²) in [5.74, 6) is -3.63. The second-order valence-electron chi connectivity index (χ2n) is 14.8. The highest BCUT2D eigenvalue weighted by atomic mass is 16.5. The monoisotopic (exact) mass is 876 g/mol. The minimum atomic E-state index is -1.19. The minimum absolute atomic E-state index is 0.0294. The van der Waals surface area contributed by atoms with Crippen LogP contribution in [-0.2, 0) is 57.2 Å². The molecule has 0 aromatic rings. The van der Waals surface area contributed by atoms with Crippen molar-refractivity contribution < 1.29 is 67.5 Å². The molecule has 0 saturated carbocycles. The molecule has 0 heterocycles. The Morgan fingerprint density at radius 3 is 1.39 bits per heavy atom. The molecule has 0 aromatic heterocycles. The van der Waals surface area contributed by atoms with Gasteiger partial charge in [0.2, 0.25) is 23.6 Å². The smallest absolute Gasteiger partial charge is 0.326 e. The van der Waals surface area contributed by atoms with Crippen LogP contribution in [0.1, 0.15) is 135 Å². The molecule has 0 bridgehead atoms. The van der Waals surface area contributed by atoms with E-state index in [4.69, 9.17) is 29.8 Å². The molecule has 0 aromatic carbocycles. The Morgan fingerprint density at radius 1 is 0.475 bits per heavy atom. The maximum Gasteiger partial charge on any atom is 0.326 e. The van der Waals surface area contributed by atoms with Crippen LogP contribution in [0.15, 0.2) is 0 Å². The van der Waals surface area contributed by atoms with E-state index in [0.717, 1.165) is 38.5 Å². The number of carboxylic acid groups (broad SMARTS) is 2. The topological polar surface area (TPSA) is 280 Å². The summed E-state index contributed by atoms with van der Waals surface area (Å²) in [7, 11) is 1.29. The summed E-state index contributed by atoms with van der Waals surface area (Å²) in [6.07, 6.45) is 17.3. The zero-order valence-electron chi connectivity index (χ0n) is 36.7. The number of carboxylic acids is 2. The summed E-state index contributed by atoms with van der Waals surface area (Å²) in [5, 5.41) is 28.7. The molecule has 0 spiro atoms. The number of hydrogen-bond donors (Lipinski definition) is 7. The Labute approximate surface area is 362 Å². The van der Waals surface area contributed by atoms with Crippen molar-refractivity contribution in [3.63, 3.8) is 0 Å². The highest BCUT2D eigenvalue weighted by molar-refractivity contribution is 5.84. The first-order chi connectivity index (χ1) is 29.5. The summed E-state index contributed by atoms with van der Waals surface area (Å²) in [6.45, 7) is 1.91. The van der Waals surface area contributed by atoms with Crippen molar-refractivity contribution in [1.82, 2.24) is 21.3 Å². The number of nitrogens with two attached hydrogens (primary N) is 1. The molecule has 0 rings (SSSR count). The fraction of sp³-hybridized carbons (Fsp3) is 0.833. The Bertz CT molecular complexity index is 1200. The van der Waals surface area contributed by atoms with Crippen LogP contribution in [-0.4, -0.2) is 143 Å². The van der Waals surface area contributed by atoms with Crippen molar-refractivity contribution in [1.29, 1.82) is 0 Å². The summed E-state index contributed by atoms with van der Waals surface area (Å²) < 4.78 is 25.8. The summed E-state index contributed by atoms with van der Waals surface area (Å²) in [6, 6.07) is -1.80.